The Bertz CT molecular complexity index is 444. The monoisotopic (exact) mass is 277 g/mol. The predicted octanol–water partition coefficient (Wildman–Crippen LogP) is 1.56. The molecule has 5 heteroatoms. The number of allylic oxidation sites excluding steroid dienone is 1. The maximum absolute atomic E-state index is 11.8. The Balaban J connectivity index is 2.30. The van der Waals surface area contributed by atoms with Gasteiger partial charge in [-0.3, -0.25) is 4.79 Å². The molecule has 0 aliphatic carbocycles. The van der Waals surface area contributed by atoms with E-state index in [-0.39, 0.29) is 25.0 Å². The van der Waals surface area contributed by atoms with E-state index in [4.69, 9.17) is 9.84 Å². The predicted molar refractivity (Wildman–Crippen MR) is 75.5 cm³/mol. The molecule has 0 radical (unpaired) electrons. The van der Waals surface area contributed by atoms with Crippen LogP contribution >= 0.6 is 0 Å². The number of hydrogen-bond acceptors (Lipinski definition) is 3. The van der Waals surface area contributed by atoms with Gasteiger partial charge < -0.3 is 15.2 Å². The molecule has 0 saturated carbocycles. The first-order valence-electron chi connectivity index (χ1n) is 6.37. The van der Waals surface area contributed by atoms with E-state index in [2.05, 4.69) is 11.9 Å². The molecule has 1 rings (SSSR count). The van der Waals surface area contributed by atoms with Crippen molar-refractivity contribution in [2.24, 2.45) is 0 Å². The van der Waals surface area contributed by atoms with Crippen molar-refractivity contribution in [3.63, 3.8) is 0 Å². The maximum Gasteiger partial charge on any atom is 0.329 e. The molecule has 2 N–H and O–H groups in total. The van der Waals surface area contributed by atoms with Gasteiger partial charge in [0.2, 0.25) is 5.91 Å². The Morgan fingerprint density at radius 2 is 2.05 bits per heavy atom. The zero-order valence-corrected chi connectivity index (χ0v) is 11.2. The summed E-state index contributed by atoms with van der Waals surface area (Å²) in [5, 5.41) is 11.1. The van der Waals surface area contributed by atoms with E-state index in [9.17, 15) is 9.59 Å². The summed E-state index contributed by atoms with van der Waals surface area (Å²) in [4.78, 5) is 22.0. The maximum atomic E-state index is 11.8. The van der Waals surface area contributed by atoms with Crippen molar-refractivity contribution in [3.05, 3.63) is 48.6 Å². The van der Waals surface area contributed by atoms with E-state index in [0.717, 1.165) is 5.56 Å². The third-order valence-corrected chi connectivity index (χ3v) is 2.71. The fourth-order valence-corrected chi connectivity index (χ4v) is 1.73. The third-order valence-electron chi connectivity index (χ3n) is 2.71. The summed E-state index contributed by atoms with van der Waals surface area (Å²) in [5.74, 6) is -1.17. The van der Waals surface area contributed by atoms with Crippen LogP contribution in [0.3, 0.4) is 0 Å². The smallest absolute Gasteiger partial charge is 0.329 e. The molecule has 0 spiro atoms. The van der Waals surface area contributed by atoms with Gasteiger partial charge in [0.25, 0.3) is 0 Å². The summed E-state index contributed by atoms with van der Waals surface area (Å²) in [5.41, 5.74) is 1.04. The molecule has 1 unspecified atom stereocenters. The second kappa shape index (κ2) is 8.87. The average molecular weight is 277 g/mol. The summed E-state index contributed by atoms with van der Waals surface area (Å²) in [6.45, 7) is 3.88. The second-order valence-corrected chi connectivity index (χ2v) is 4.25. The Hall–Kier alpha value is -2.14. The molecule has 20 heavy (non-hydrogen) atoms. The van der Waals surface area contributed by atoms with Crippen LogP contribution in [0.15, 0.2) is 43.0 Å². The van der Waals surface area contributed by atoms with Crippen molar-refractivity contribution < 1.29 is 19.4 Å². The van der Waals surface area contributed by atoms with Crippen LogP contribution in [0.5, 0.6) is 0 Å². The van der Waals surface area contributed by atoms with Crippen molar-refractivity contribution in [3.8, 4) is 0 Å². The molecule has 0 aliphatic rings. The SMILES string of the molecule is C=CC(CC(=O)NCCOCC(=O)O)c1ccccc1. The number of rotatable bonds is 9. The fourth-order valence-electron chi connectivity index (χ4n) is 1.73. The molecular formula is C15H19NO4. The number of ether oxygens (including phenoxy) is 1. The van der Waals surface area contributed by atoms with Gasteiger partial charge in [-0.2, -0.15) is 0 Å². The second-order valence-electron chi connectivity index (χ2n) is 4.25. The summed E-state index contributed by atoms with van der Waals surface area (Å²) >= 11 is 0. The highest BCUT2D eigenvalue weighted by Crippen LogP contribution is 2.20. The van der Waals surface area contributed by atoms with Gasteiger partial charge in [-0.1, -0.05) is 36.4 Å². The molecule has 1 amide bonds. The fraction of sp³-hybridized carbons (Fsp3) is 0.333. The van der Waals surface area contributed by atoms with Gasteiger partial charge >= 0.3 is 5.97 Å². The molecule has 108 valence electrons. The minimum Gasteiger partial charge on any atom is -0.480 e. The summed E-state index contributed by atoms with van der Waals surface area (Å²) in [6, 6.07) is 9.67. The van der Waals surface area contributed by atoms with Crippen LogP contribution in [0.4, 0.5) is 0 Å². The van der Waals surface area contributed by atoms with E-state index >= 15 is 0 Å². The van der Waals surface area contributed by atoms with Crippen molar-refractivity contribution in [1.29, 1.82) is 0 Å². The highest BCUT2D eigenvalue weighted by molar-refractivity contribution is 5.77. The molecule has 0 fully saturated rings. The number of nitrogens with one attached hydrogen (secondary N) is 1. The largest absolute Gasteiger partial charge is 0.480 e. The normalized spacial score (nSPS) is 11.6. The van der Waals surface area contributed by atoms with E-state index in [1.807, 2.05) is 30.3 Å². The lowest BCUT2D eigenvalue weighted by atomic mass is 9.95. The van der Waals surface area contributed by atoms with Gasteiger partial charge in [-0.25, -0.2) is 4.79 Å². The zero-order valence-electron chi connectivity index (χ0n) is 11.2. The van der Waals surface area contributed by atoms with Crippen LogP contribution in [0.25, 0.3) is 0 Å². The van der Waals surface area contributed by atoms with Crippen LogP contribution in [-0.2, 0) is 14.3 Å². The van der Waals surface area contributed by atoms with Crippen LogP contribution in [0.2, 0.25) is 0 Å². The molecule has 0 saturated heterocycles. The third kappa shape index (κ3) is 6.15. The van der Waals surface area contributed by atoms with Crippen LogP contribution < -0.4 is 5.32 Å². The van der Waals surface area contributed by atoms with Gasteiger partial charge in [0, 0.05) is 18.9 Å². The van der Waals surface area contributed by atoms with Crippen LogP contribution in [0, 0.1) is 0 Å². The van der Waals surface area contributed by atoms with Gasteiger partial charge in [0.1, 0.15) is 6.61 Å². The number of carboxylic acid groups (broad SMARTS) is 1. The molecule has 0 aromatic heterocycles. The van der Waals surface area contributed by atoms with Crippen molar-refractivity contribution in [1.82, 2.24) is 5.32 Å². The Labute approximate surface area is 118 Å². The van der Waals surface area contributed by atoms with Gasteiger partial charge in [-0.05, 0) is 5.56 Å². The molecule has 1 atom stereocenters. The molecule has 0 bridgehead atoms. The first-order chi connectivity index (χ1) is 9.63. The molecule has 0 aliphatic heterocycles. The molecular weight excluding hydrogens is 258 g/mol. The standard InChI is InChI=1S/C15H19NO4/c1-2-12(13-6-4-3-5-7-13)10-14(17)16-8-9-20-11-15(18)19/h2-7,12H,1,8-11H2,(H,16,17)(H,18,19). The number of benzene rings is 1. The highest BCUT2D eigenvalue weighted by Gasteiger charge is 2.12. The lowest BCUT2D eigenvalue weighted by molar-refractivity contribution is -0.142. The number of aliphatic carboxylic acids is 1. The van der Waals surface area contributed by atoms with Crippen LogP contribution in [0.1, 0.15) is 17.9 Å². The molecule has 5 nitrogen and oxygen atoms in total. The summed E-state index contributed by atoms with van der Waals surface area (Å²) in [7, 11) is 0. The van der Waals surface area contributed by atoms with Crippen molar-refractivity contribution in [2.45, 2.75) is 12.3 Å². The quantitative estimate of drug-likeness (QED) is 0.530. The van der Waals surface area contributed by atoms with E-state index < -0.39 is 5.97 Å². The van der Waals surface area contributed by atoms with Gasteiger partial charge in [0.05, 0.1) is 6.61 Å². The van der Waals surface area contributed by atoms with E-state index in [0.29, 0.717) is 13.0 Å². The first kappa shape index (κ1) is 15.9. The Morgan fingerprint density at radius 1 is 1.35 bits per heavy atom. The lowest BCUT2D eigenvalue weighted by Crippen LogP contribution is -2.28. The van der Waals surface area contributed by atoms with Crippen molar-refractivity contribution >= 4 is 11.9 Å². The lowest BCUT2D eigenvalue weighted by Gasteiger charge is -2.12. The van der Waals surface area contributed by atoms with E-state index in [1.54, 1.807) is 6.08 Å². The average Bonchev–Trinajstić information content (AvgIpc) is 2.45. The molecule has 0 heterocycles. The number of carbonyl (C=O) groups excluding carboxylic acids is 1. The highest BCUT2D eigenvalue weighted by atomic mass is 16.5. The number of amides is 1. The number of carboxylic acids is 1. The van der Waals surface area contributed by atoms with E-state index in [1.165, 1.54) is 0 Å². The number of hydrogen-bond donors (Lipinski definition) is 2. The Kier molecular flexibility index (Phi) is 7.06. The molecule has 1 aromatic rings. The van der Waals surface area contributed by atoms with Crippen LogP contribution in [-0.4, -0.2) is 36.7 Å². The van der Waals surface area contributed by atoms with Crippen molar-refractivity contribution in [2.75, 3.05) is 19.8 Å². The molecule has 1 aromatic carbocycles. The minimum atomic E-state index is -1.02. The topological polar surface area (TPSA) is 75.6 Å². The first-order valence-corrected chi connectivity index (χ1v) is 6.37. The van der Waals surface area contributed by atoms with Gasteiger partial charge in [-0.15, -0.1) is 6.58 Å². The summed E-state index contributed by atoms with van der Waals surface area (Å²) in [6.07, 6.45) is 2.06. The minimum absolute atomic E-state index is 0.0314. The Morgan fingerprint density at radius 3 is 2.65 bits per heavy atom. The number of carbonyl (C=O) groups is 2. The van der Waals surface area contributed by atoms with Gasteiger partial charge in [0.15, 0.2) is 0 Å². The zero-order chi connectivity index (χ0) is 14.8. The summed E-state index contributed by atoms with van der Waals surface area (Å²) < 4.78 is 4.83.